The predicted molar refractivity (Wildman–Crippen MR) is 87.3 cm³/mol. The molecule has 0 bridgehead atoms. The van der Waals surface area contributed by atoms with Crippen molar-refractivity contribution in [2.45, 2.75) is 32.0 Å². The lowest BCUT2D eigenvalue weighted by Gasteiger charge is -2.21. The van der Waals surface area contributed by atoms with Crippen molar-refractivity contribution in [2.24, 2.45) is 0 Å². The van der Waals surface area contributed by atoms with Gasteiger partial charge in [0, 0.05) is 50.4 Å². The average molecular weight is 332 g/mol. The molecule has 24 heavy (non-hydrogen) atoms. The third kappa shape index (κ3) is 2.44. The number of nitrogens with zero attached hydrogens (tertiary/aromatic N) is 4. The van der Waals surface area contributed by atoms with Crippen LogP contribution in [-0.2, 0) is 13.1 Å². The number of aromatic nitrogens is 2. The van der Waals surface area contributed by atoms with Crippen LogP contribution in [0.25, 0.3) is 0 Å². The Morgan fingerprint density at radius 3 is 2.96 bits per heavy atom. The summed E-state index contributed by atoms with van der Waals surface area (Å²) in [5.41, 5.74) is 0.0867. The molecule has 3 heterocycles. The Hall–Kier alpha value is -2.44. The molecule has 1 aromatic carbocycles. The zero-order valence-corrected chi connectivity index (χ0v) is 13.4. The zero-order valence-electron chi connectivity index (χ0n) is 13.4. The van der Waals surface area contributed by atoms with Gasteiger partial charge in [0.25, 0.3) is 0 Å². The van der Waals surface area contributed by atoms with E-state index in [9.17, 15) is 13.6 Å². The lowest BCUT2D eigenvalue weighted by molar-refractivity contribution is 0.570. The van der Waals surface area contributed by atoms with E-state index in [4.69, 9.17) is 0 Å². The van der Waals surface area contributed by atoms with E-state index in [0.717, 1.165) is 31.3 Å². The van der Waals surface area contributed by atoms with Crippen LogP contribution in [0.15, 0.2) is 29.1 Å². The van der Waals surface area contributed by atoms with Gasteiger partial charge in [-0.2, -0.15) is 4.98 Å². The molecule has 1 saturated heterocycles. The van der Waals surface area contributed by atoms with Gasteiger partial charge in [0.2, 0.25) is 0 Å². The molecule has 1 atom stereocenters. The van der Waals surface area contributed by atoms with E-state index in [-0.39, 0.29) is 12.2 Å². The molecule has 0 spiro atoms. The van der Waals surface area contributed by atoms with Crippen LogP contribution in [0, 0.1) is 11.6 Å². The molecule has 0 N–H and O–H groups in total. The molecule has 2 aromatic rings. The molecule has 0 unspecified atom stereocenters. The van der Waals surface area contributed by atoms with E-state index >= 15 is 0 Å². The maximum atomic E-state index is 13.8. The SMILES string of the molecule is CN(Cc1ccc(F)cc1F)c1cc2n(c(=O)n1)C[C@@H]1CCCN21. The number of halogens is 2. The summed E-state index contributed by atoms with van der Waals surface area (Å²) >= 11 is 0. The fourth-order valence-corrected chi connectivity index (χ4v) is 3.61. The van der Waals surface area contributed by atoms with Gasteiger partial charge in [-0.25, -0.2) is 13.6 Å². The van der Waals surface area contributed by atoms with Crippen LogP contribution in [0.5, 0.6) is 0 Å². The van der Waals surface area contributed by atoms with Crippen molar-refractivity contribution in [2.75, 3.05) is 23.4 Å². The van der Waals surface area contributed by atoms with Crippen molar-refractivity contribution in [1.29, 1.82) is 0 Å². The molecule has 7 heteroatoms. The molecule has 126 valence electrons. The standard InChI is InChI=1S/C17H18F2N4O/c1-21(9-11-4-5-12(18)7-14(11)19)15-8-16-22-6-2-3-13(22)10-23(16)17(24)20-15/h4-5,7-8,13H,2-3,6,9-10H2,1H3/t13-/m0/s1. The van der Waals surface area contributed by atoms with E-state index in [0.29, 0.717) is 24.0 Å². The van der Waals surface area contributed by atoms with Crippen molar-refractivity contribution < 1.29 is 8.78 Å². The Kier molecular flexibility index (Phi) is 3.51. The van der Waals surface area contributed by atoms with Crippen molar-refractivity contribution in [3.05, 3.63) is 51.9 Å². The smallest absolute Gasteiger partial charge is 0.351 e. The molecule has 0 amide bonds. The summed E-state index contributed by atoms with van der Waals surface area (Å²) in [5, 5.41) is 0. The second-order valence-corrected chi connectivity index (χ2v) is 6.45. The Balaban J connectivity index is 1.64. The molecule has 1 fully saturated rings. The third-order valence-electron chi connectivity index (χ3n) is 4.85. The number of hydrogen-bond acceptors (Lipinski definition) is 4. The van der Waals surface area contributed by atoms with Crippen molar-refractivity contribution in [3.8, 4) is 0 Å². The lowest BCUT2D eigenvalue weighted by atomic mass is 10.2. The zero-order chi connectivity index (χ0) is 16.8. The molecule has 2 aliphatic heterocycles. The van der Waals surface area contributed by atoms with Gasteiger partial charge in [-0.1, -0.05) is 6.07 Å². The first-order valence-electron chi connectivity index (χ1n) is 8.06. The largest absolute Gasteiger partial charge is 0.355 e. The van der Waals surface area contributed by atoms with Gasteiger partial charge in [-0.05, 0) is 18.9 Å². The Bertz CT molecular complexity index is 851. The molecule has 5 nitrogen and oxygen atoms in total. The highest BCUT2D eigenvalue weighted by Gasteiger charge is 2.34. The van der Waals surface area contributed by atoms with Gasteiger partial charge in [0.05, 0.1) is 0 Å². The topological polar surface area (TPSA) is 41.4 Å². The molecular weight excluding hydrogens is 314 g/mol. The number of fused-ring (bicyclic) bond motifs is 3. The van der Waals surface area contributed by atoms with Crippen LogP contribution in [0.1, 0.15) is 18.4 Å². The van der Waals surface area contributed by atoms with E-state index < -0.39 is 11.6 Å². The second kappa shape index (κ2) is 5.58. The van der Waals surface area contributed by atoms with Crippen molar-refractivity contribution >= 4 is 11.6 Å². The summed E-state index contributed by atoms with van der Waals surface area (Å²) < 4.78 is 28.6. The van der Waals surface area contributed by atoms with Crippen LogP contribution >= 0.6 is 0 Å². The van der Waals surface area contributed by atoms with E-state index in [1.54, 1.807) is 16.5 Å². The first kappa shape index (κ1) is 15.1. The minimum absolute atomic E-state index is 0.214. The van der Waals surface area contributed by atoms with Gasteiger partial charge >= 0.3 is 5.69 Å². The van der Waals surface area contributed by atoms with Gasteiger partial charge in [-0.3, -0.25) is 4.57 Å². The monoisotopic (exact) mass is 332 g/mol. The minimum atomic E-state index is -0.604. The van der Waals surface area contributed by atoms with Gasteiger partial charge in [-0.15, -0.1) is 0 Å². The Labute approximate surface area is 138 Å². The third-order valence-corrected chi connectivity index (χ3v) is 4.85. The number of anilines is 2. The highest BCUT2D eigenvalue weighted by Crippen LogP contribution is 2.33. The number of hydrogen-bond donors (Lipinski definition) is 0. The molecule has 0 aliphatic carbocycles. The Morgan fingerprint density at radius 2 is 2.17 bits per heavy atom. The number of rotatable bonds is 3. The van der Waals surface area contributed by atoms with E-state index in [2.05, 4.69) is 9.88 Å². The lowest BCUT2D eigenvalue weighted by Crippen LogP contribution is -2.27. The summed E-state index contributed by atoms with van der Waals surface area (Å²) in [6.07, 6.45) is 2.22. The number of benzene rings is 1. The van der Waals surface area contributed by atoms with Crippen molar-refractivity contribution in [1.82, 2.24) is 9.55 Å². The summed E-state index contributed by atoms with van der Waals surface area (Å²) in [4.78, 5) is 20.4. The summed E-state index contributed by atoms with van der Waals surface area (Å²) in [6, 6.07) is 5.77. The van der Waals surface area contributed by atoms with Gasteiger partial charge in [0.1, 0.15) is 23.3 Å². The molecule has 2 aliphatic rings. The highest BCUT2D eigenvalue weighted by molar-refractivity contribution is 5.54. The van der Waals surface area contributed by atoms with Crippen LogP contribution in [-0.4, -0.2) is 29.2 Å². The van der Waals surface area contributed by atoms with E-state index in [1.165, 1.54) is 12.1 Å². The van der Waals surface area contributed by atoms with Crippen molar-refractivity contribution in [3.63, 3.8) is 0 Å². The molecule has 0 radical (unpaired) electrons. The van der Waals surface area contributed by atoms with Crippen LogP contribution in [0.4, 0.5) is 20.4 Å². The molecule has 0 saturated carbocycles. The molecule has 4 rings (SSSR count). The Morgan fingerprint density at radius 1 is 1.33 bits per heavy atom. The predicted octanol–water partition coefficient (Wildman–Crippen LogP) is 2.14. The van der Waals surface area contributed by atoms with Gasteiger partial charge in [0.15, 0.2) is 0 Å². The van der Waals surface area contributed by atoms with Gasteiger partial charge < -0.3 is 9.80 Å². The minimum Gasteiger partial charge on any atom is -0.355 e. The highest BCUT2D eigenvalue weighted by atomic mass is 19.1. The molecular formula is C17H18F2N4O. The van der Waals surface area contributed by atoms with Crippen LogP contribution in [0.2, 0.25) is 0 Å². The first-order chi connectivity index (χ1) is 11.5. The summed E-state index contributed by atoms with van der Waals surface area (Å²) in [6.45, 7) is 1.85. The van der Waals surface area contributed by atoms with Crippen LogP contribution in [0.3, 0.4) is 0 Å². The van der Waals surface area contributed by atoms with E-state index in [1.807, 2.05) is 6.07 Å². The van der Waals surface area contributed by atoms with Crippen LogP contribution < -0.4 is 15.5 Å². The first-order valence-corrected chi connectivity index (χ1v) is 8.06. The summed E-state index contributed by atoms with van der Waals surface area (Å²) in [5.74, 6) is 0.189. The second-order valence-electron chi connectivity index (χ2n) is 6.45. The summed E-state index contributed by atoms with van der Waals surface area (Å²) in [7, 11) is 1.75. The quantitative estimate of drug-likeness (QED) is 0.864. The maximum Gasteiger partial charge on any atom is 0.351 e. The fraction of sp³-hybridized carbons (Fsp3) is 0.412. The fourth-order valence-electron chi connectivity index (χ4n) is 3.61. The normalized spacial score (nSPS) is 18.6. The molecule has 1 aromatic heterocycles. The maximum absolute atomic E-state index is 13.8. The average Bonchev–Trinajstić information content (AvgIpc) is 3.12.